The summed E-state index contributed by atoms with van der Waals surface area (Å²) in [6.45, 7) is 13.5. The second-order valence-electron chi connectivity index (χ2n) is 9.93. The number of para-hydroxylation sites is 1. The van der Waals surface area contributed by atoms with Gasteiger partial charge in [-0.15, -0.1) is 0 Å². The van der Waals surface area contributed by atoms with Crippen LogP contribution in [0.25, 0.3) is 0 Å². The number of aliphatic imine (C=N–C) groups is 1. The van der Waals surface area contributed by atoms with Crippen LogP contribution in [-0.4, -0.2) is 34.1 Å². The van der Waals surface area contributed by atoms with Crippen molar-refractivity contribution in [2.45, 2.75) is 72.3 Å². The number of aromatic nitrogens is 1. The van der Waals surface area contributed by atoms with E-state index in [0.717, 1.165) is 42.0 Å². The maximum absolute atomic E-state index is 13.7. The fraction of sp³-hybridized carbons (Fsp3) is 0.444. The number of aryl methyl sites for hydroxylation is 2. The third-order valence-corrected chi connectivity index (χ3v) is 6.69. The van der Waals surface area contributed by atoms with Gasteiger partial charge in [0.05, 0.1) is 23.0 Å². The van der Waals surface area contributed by atoms with E-state index >= 15 is 0 Å². The Labute approximate surface area is 186 Å². The molecule has 2 aromatic rings. The molecule has 3 heterocycles. The maximum atomic E-state index is 13.7. The van der Waals surface area contributed by atoms with E-state index < -0.39 is 0 Å². The SMILES string of the molecule is CC1=C(C)[C@@H](C2=Nc3ccccc3CC2)N(C(=O)c2ccc(C(C)(C)C)nc2C)CC1. The molecule has 1 amide bonds. The van der Waals surface area contributed by atoms with Crippen molar-refractivity contribution in [3.8, 4) is 0 Å². The number of pyridine rings is 1. The molecule has 162 valence electrons. The summed E-state index contributed by atoms with van der Waals surface area (Å²) in [4.78, 5) is 25.6. The lowest BCUT2D eigenvalue weighted by Gasteiger charge is -2.39. The molecule has 4 rings (SSSR count). The first-order valence-corrected chi connectivity index (χ1v) is 11.3. The average molecular weight is 416 g/mol. The van der Waals surface area contributed by atoms with Crippen molar-refractivity contribution >= 4 is 17.3 Å². The Balaban J connectivity index is 1.72. The molecule has 1 aromatic heterocycles. The highest BCUT2D eigenvalue weighted by Gasteiger charge is 2.35. The minimum absolute atomic E-state index is 0.0410. The fourth-order valence-corrected chi connectivity index (χ4v) is 4.59. The van der Waals surface area contributed by atoms with Crippen molar-refractivity contribution in [3.63, 3.8) is 0 Å². The first-order chi connectivity index (χ1) is 14.7. The molecule has 0 fully saturated rings. The smallest absolute Gasteiger partial charge is 0.256 e. The topological polar surface area (TPSA) is 45.6 Å². The molecule has 4 heteroatoms. The van der Waals surface area contributed by atoms with E-state index in [0.29, 0.717) is 12.1 Å². The molecule has 2 aliphatic heterocycles. The molecule has 0 saturated heterocycles. The lowest BCUT2D eigenvalue weighted by Crippen LogP contribution is -2.49. The first-order valence-electron chi connectivity index (χ1n) is 11.3. The van der Waals surface area contributed by atoms with Gasteiger partial charge in [0, 0.05) is 23.4 Å². The molecule has 2 aliphatic rings. The summed E-state index contributed by atoms with van der Waals surface area (Å²) >= 11 is 0. The van der Waals surface area contributed by atoms with E-state index in [1.807, 2.05) is 30.0 Å². The van der Waals surface area contributed by atoms with Crippen LogP contribution in [0.1, 0.15) is 74.8 Å². The molecule has 0 spiro atoms. The third kappa shape index (κ3) is 4.08. The van der Waals surface area contributed by atoms with Gasteiger partial charge in [-0.3, -0.25) is 14.8 Å². The molecule has 0 unspecified atom stereocenters. The van der Waals surface area contributed by atoms with Crippen LogP contribution in [-0.2, 0) is 11.8 Å². The second-order valence-corrected chi connectivity index (χ2v) is 9.93. The first kappa shape index (κ1) is 21.5. The number of fused-ring (bicyclic) bond motifs is 1. The lowest BCUT2D eigenvalue weighted by atomic mass is 9.87. The van der Waals surface area contributed by atoms with Crippen LogP contribution in [0.2, 0.25) is 0 Å². The summed E-state index contributed by atoms with van der Waals surface area (Å²) in [5.74, 6) is 0.0591. The van der Waals surface area contributed by atoms with Crippen LogP contribution in [0.4, 0.5) is 5.69 Å². The van der Waals surface area contributed by atoms with Crippen LogP contribution in [0.15, 0.2) is 52.5 Å². The van der Waals surface area contributed by atoms with Crippen molar-refractivity contribution in [3.05, 3.63) is 70.1 Å². The van der Waals surface area contributed by atoms with E-state index in [4.69, 9.17) is 9.98 Å². The second kappa shape index (κ2) is 8.07. The predicted octanol–water partition coefficient (Wildman–Crippen LogP) is 5.96. The highest BCUT2D eigenvalue weighted by Crippen LogP contribution is 2.33. The largest absolute Gasteiger partial charge is 0.326 e. The zero-order chi connectivity index (χ0) is 22.3. The van der Waals surface area contributed by atoms with Gasteiger partial charge < -0.3 is 4.90 Å². The van der Waals surface area contributed by atoms with E-state index in [9.17, 15) is 4.79 Å². The summed E-state index contributed by atoms with van der Waals surface area (Å²) in [5.41, 5.74) is 8.52. The number of hydrogen-bond acceptors (Lipinski definition) is 3. The number of carbonyl (C=O) groups is 1. The van der Waals surface area contributed by atoms with Crippen LogP contribution in [0.5, 0.6) is 0 Å². The quantitative estimate of drug-likeness (QED) is 0.568. The van der Waals surface area contributed by atoms with E-state index in [-0.39, 0.29) is 17.4 Å². The van der Waals surface area contributed by atoms with E-state index in [1.54, 1.807) is 0 Å². The molecule has 0 bridgehead atoms. The molecule has 0 aliphatic carbocycles. The standard InChI is InChI=1S/C27H33N3O/c1-17-15-16-30(26(31)21-12-14-24(27(4,5)6)28-19(21)3)25(18(17)2)23-13-11-20-9-7-8-10-22(20)29-23/h7-10,12,14,25H,11,13,15-16H2,1-6H3/t25-/m0/s1. The Kier molecular flexibility index (Phi) is 5.59. The summed E-state index contributed by atoms with van der Waals surface area (Å²) in [5, 5.41) is 0. The lowest BCUT2D eigenvalue weighted by molar-refractivity contribution is 0.0732. The Morgan fingerprint density at radius 2 is 1.74 bits per heavy atom. The molecule has 1 atom stereocenters. The number of benzene rings is 1. The highest BCUT2D eigenvalue weighted by molar-refractivity contribution is 6.03. The zero-order valence-electron chi connectivity index (χ0n) is 19.6. The van der Waals surface area contributed by atoms with Gasteiger partial charge in [-0.05, 0) is 69.4 Å². The Bertz CT molecular complexity index is 1090. The van der Waals surface area contributed by atoms with Crippen molar-refractivity contribution in [1.29, 1.82) is 0 Å². The number of amides is 1. The zero-order valence-corrected chi connectivity index (χ0v) is 19.6. The van der Waals surface area contributed by atoms with Crippen molar-refractivity contribution in [1.82, 2.24) is 9.88 Å². The number of rotatable bonds is 2. The minimum Gasteiger partial charge on any atom is -0.326 e. The van der Waals surface area contributed by atoms with Crippen LogP contribution >= 0.6 is 0 Å². The van der Waals surface area contributed by atoms with Gasteiger partial charge in [0.15, 0.2) is 0 Å². The Morgan fingerprint density at radius 1 is 1.00 bits per heavy atom. The summed E-state index contributed by atoms with van der Waals surface area (Å²) in [6, 6.07) is 12.2. The molecular formula is C27H33N3O. The van der Waals surface area contributed by atoms with Crippen LogP contribution in [0.3, 0.4) is 0 Å². The minimum atomic E-state index is -0.0729. The maximum Gasteiger partial charge on any atom is 0.256 e. The van der Waals surface area contributed by atoms with Gasteiger partial charge in [0.25, 0.3) is 5.91 Å². The van der Waals surface area contributed by atoms with E-state index in [1.165, 1.54) is 16.7 Å². The summed E-state index contributed by atoms with van der Waals surface area (Å²) < 4.78 is 0. The van der Waals surface area contributed by atoms with Gasteiger partial charge in [-0.2, -0.15) is 0 Å². The monoisotopic (exact) mass is 415 g/mol. The molecule has 0 saturated carbocycles. The molecular weight excluding hydrogens is 382 g/mol. The van der Waals surface area contributed by atoms with Gasteiger partial charge in [-0.25, -0.2) is 0 Å². The predicted molar refractivity (Wildman–Crippen MR) is 127 cm³/mol. The van der Waals surface area contributed by atoms with Crippen LogP contribution < -0.4 is 0 Å². The highest BCUT2D eigenvalue weighted by atomic mass is 16.2. The molecule has 31 heavy (non-hydrogen) atoms. The number of carbonyl (C=O) groups excluding carboxylic acids is 1. The summed E-state index contributed by atoms with van der Waals surface area (Å²) in [7, 11) is 0. The van der Waals surface area contributed by atoms with Gasteiger partial charge >= 0.3 is 0 Å². The fourth-order valence-electron chi connectivity index (χ4n) is 4.59. The van der Waals surface area contributed by atoms with Crippen molar-refractivity contribution in [2.75, 3.05) is 6.54 Å². The average Bonchev–Trinajstić information content (AvgIpc) is 2.74. The van der Waals surface area contributed by atoms with E-state index in [2.05, 4.69) is 52.8 Å². The van der Waals surface area contributed by atoms with Crippen molar-refractivity contribution < 1.29 is 4.79 Å². The molecule has 4 nitrogen and oxygen atoms in total. The van der Waals surface area contributed by atoms with Gasteiger partial charge in [0.1, 0.15) is 0 Å². The molecule has 1 aromatic carbocycles. The number of nitrogens with zero attached hydrogens (tertiary/aromatic N) is 3. The Morgan fingerprint density at radius 3 is 2.45 bits per heavy atom. The summed E-state index contributed by atoms with van der Waals surface area (Å²) in [6.07, 6.45) is 2.77. The van der Waals surface area contributed by atoms with Crippen molar-refractivity contribution in [2.24, 2.45) is 4.99 Å². The number of hydrogen-bond donors (Lipinski definition) is 0. The van der Waals surface area contributed by atoms with Gasteiger partial charge in [-0.1, -0.05) is 44.5 Å². The van der Waals surface area contributed by atoms with Crippen LogP contribution in [0, 0.1) is 6.92 Å². The third-order valence-electron chi connectivity index (χ3n) is 6.69. The molecule has 0 N–H and O–H groups in total. The van der Waals surface area contributed by atoms with Gasteiger partial charge in [0.2, 0.25) is 0 Å². The normalized spacial score (nSPS) is 19.2. The Hall–Kier alpha value is -2.75. The molecule has 0 radical (unpaired) electrons.